The van der Waals surface area contributed by atoms with E-state index in [-0.39, 0.29) is 35.1 Å². The van der Waals surface area contributed by atoms with Crippen LogP contribution in [0.25, 0.3) is 0 Å². The number of anilines is 3. The minimum Gasteiger partial charge on any atom is -0.382 e. The Morgan fingerprint density at radius 1 is 1.17 bits per heavy atom. The number of hydrogen-bond donors (Lipinski definition) is 4. The van der Waals surface area contributed by atoms with Gasteiger partial charge in [-0.1, -0.05) is 0 Å². The third-order valence-electron chi connectivity index (χ3n) is 3.82. The molecular weight excluding hydrogens is 389 g/mol. The van der Waals surface area contributed by atoms with Gasteiger partial charge in [-0.25, -0.2) is 14.4 Å². The number of amides is 2. The van der Waals surface area contributed by atoms with E-state index in [0.29, 0.717) is 30.8 Å². The van der Waals surface area contributed by atoms with Gasteiger partial charge in [0.25, 0.3) is 5.91 Å². The average Bonchev–Trinajstić information content (AvgIpc) is 2.68. The number of rotatable bonds is 9. The van der Waals surface area contributed by atoms with Gasteiger partial charge in [0.15, 0.2) is 11.6 Å². The Kier molecular flexibility index (Phi) is 8.05. The van der Waals surface area contributed by atoms with Crippen molar-refractivity contribution in [2.24, 2.45) is 0 Å². The summed E-state index contributed by atoms with van der Waals surface area (Å²) in [5.41, 5.74) is 0.969. The summed E-state index contributed by atoms with van der Waals surface area (Å²) in [4.78, 5) is 31.5. The molecule has 2 heterocycles. The second-order valence-electron chi connectivity index (χ2n) is 6.80. The monoisotopic (exact) mass is 413 g/mol. The van der Waals surface area contributed by atoms with E-state index >= 15 is 0 Å². The second kappa shape index (κ2) is 10.7. The highest BCUT2D eigenvalue weighted by Gasteiger charge is 2.15. The molecule has 2 aromatic heterocycles. The summed E-state index contributed by atoms with van der Waals surface area (Å²) >= 11 is 0. The van der Waals surface area contributed by atoms with Crippen LogP contribution < -0.4 is 21.3 Å². The van der Waals surface area contributed by atoms with E-state index in [4.69, 9.17) is 5.26 Å². The Hall–Kier alpha value is -3.74. The lowest BCUT2D eigenvalue weighted by atomic mass is 10.2. The first kappa shape index (κ1) is 22.5. The van der Waals surface area contributed by atoms with Crippen LogP contribution in [0.1, 0.15) is 43.1 Å². The van der Waals surface area contributed by atoms with Crippen LogP contribution in [0.3, 0.4) is 0 Å². The maximum atomic E-state index is 14.1. The number of pyridine rings is 2. The molecule has 0 unspecified atom stereocenters. The lowest BCUT2D eigenvalue weighted by molar-refractivity contribution is -0.118. The van der Waals surface area contributed by atoms with Gasteiger partial charge in [0.1, 0.15) is 11.9 Å². The van der Waals surface area contributed by atoms with Crippen LogP contribution in [0.2, 0.25) is 0 Å². The Morgan fingerprint density at radius 2 is 1.90 bits per heavy atom. The summed E-state index contributed by atoms with van der Waals surface area (Å²) in [6.07, 6.45) is 3.23. The average molecular weight is 413 g/mol. The predicted molar refractivity (Wildman–Crippen MR) is 111 cm³/mol. The molecule has 0 aromatic carbocycles. The molecule has 0 aliphatic carbocycles. The van der Waals surface area contributed by atoms with Crippen molar-refractivity contribution in [2.75, 3.05) is 23.7 Å². The number of nitrogens with zero attached hydrogens (tertiary/aromatic N) is 3. The van der Waals surface area contributed by atoms with Gasteiger partial charge < -0.3 is 21.3 Å². The van der Waals surface area contributed by atoms with Crippen molar-refractivity contribution in [2.45, 2.75) is 33.2 Å². The van der Waals surface area contributed by atoms with Crippen molar-refractivity contribution in [1.29, 1.82) is 5.26 Å². The van der Waals surface area contributed by atoms with E-state index in [1.54, 1.807) is 6.07 Å². The molecule has 0 atom stereocenters. The lowest BCUT2D eigenvalue weighted by Crippen LogP contribution is -2.29. The second-order valence-corrected chi connectivity index (χ2v) is 6.80. The van der Waals surface area contributed by atoms with Crippen LogP contribution >= 0.6 is 0 Å². The zero-order valence-electron chi connectivity index (χ0n) is 17.0. The SMILES string of the molecule is CC(=O)NCCCNC(=O)c1cnc(Nc2ncc(C#N)cc2F)cc1NC(C)C. The van der Waals surface area contributed by atoms with Crippen molar-refractivity contribution in [3.05, 3.63) is 41.5 Å². The van der Waals surface area contributed by atoms with Crippen molar-refractivity contribution in [3.63, 3.8) is 0 Å². The standard InChI is InChI=1S/C20H24FN7O2/c1-12(2)27-17-8-18(28-19-16(21)7-14(9-22)10-26-19)25-11-15(17)20(30)24-6-4-5-23-13(3)29/h7-8,10-12H,4-6H2,1-3H3,(H,23,29)(H,24,30)(H2,25,26,27,28). The Bertz CT molecular complexity index is 957. The summed E-state index contributed by atoms with van der Waals surface area (Å²) in [6.45, 7) is 6.13. The van der Waals surface area contributed by atoms with Crippen molar-refractivity contribution < 1.29 is 14.0 Å². The summed E-state index contributed by atoms with van der Waals surface area (Å²) in [6, 6.07) is 4.52. The number of carbonyl (C=O) groups excluding carboxylic acids is 2. The summed E-state index contributed by atoms with van der Waals surface area (Å²) in [5, 5.41) is 20.2. The topological polar surface area (TPSA) is 132 Å². The minimum absolute atomic E-state index is 0.0383. The molecule has 158 valence electrons. The van der Waals surface area contributed by atoms with E-state index < -0.39 is 5.82 Å². The van der Waals surface area contributed by atoms with E-state index in [0.717, 1.165) is 6.07 Å². The van der Waals surface area contributed by atoms with E-state index in [1.807, 2.05) is 19.9 Å². The summed E-state index contributed by atoms with van der Waals surface area (Å²) in [5.74, 6) is -0.910. The van der Waals surface area contributed by atoms with Crippen molar-refractivity contribution in [3.8, 4) is 6.07 Å². The highest BCUT2D eigenvalue weighted by atomic mass is 19.1. The zero-order chi connectivity index (χ0) is 22.1. The first-order valence-corrected chi connectivity index (χ1v) is 9.42. The largest absolute Gasteiger partial charge is 0.382 e. The van der Waals surface area contributed by atoms with Gasteiger partial charge in [-0.3, -0.25) is 9.59 Å². The molecule has 2 rings (SSSR count). The molecule has 0 fully saturated rings. The van der Waals surface area contributed by atoms with Crippen molar-refractivity contribution >= 4 is 29.1 Å². The highest BCUT2D eigenvalue weighted by Crippen LogP contribution is 2.23. The molecule has 0 saturated heterocycles. The van der Waals surface area contributed by atoms with Crippen molar-refractivity contribution in [1.82, 2.24) is 20.6 Å². The minimum atomic E-state index is -0.685. The van der Waals surface area contributed by atoms with Crippen LogP contribution in [0.5, 0.6) is 0 Å². The Morgan fingerprint density at radius 3 is 2.53 bits per heavy atom. The molecule has 30 heavy (non-hydrogen) atoms. The third kappa shape index (κ3) is 6.70. The van der Waals surface area contributed by atoms with Crippen LogP contribution in [0.4, 0.5) is 21.7 Å². The van der Waals surface area contributed by atoms with Gasteiger partial charge in [0, 0.05) is 44.5 Å². The van der Waals surface area contributed by atoms with Gasteiger partial charge in [-0.15, -0.1) is 0 Å². The number of carbonyl (C=O) groups is 2. The van der Waals surface area contributed by atoms with Gasteiger partial charge in [0.2, 0.25) is 5.91 Å². The summed E-state index contributed by atoms with van der Waals surface area (Å²) < 4.78 is 14.1. The highest BCUT2D eigenvalue weighted by molar-refractivity contribution is 5.99. The first-order valence-electron chi connectivity index (χ1n) is 9.42. The first-order chi connectivity index (χ1) is 14.3. The smallest absolute Gasteiger partial charge is 0.254 e. The molecule has 0 saturated carbocycles. The van der Waals surface area contributed by atoms with Crippen LogP contribution in [0.15, 0.2) is 24.5 Å². The maximum Gasteiger partial charge on any atom is 0.254 e. The maximum absolute atomic E-state index is 14.1. The lowest BCUT2D eigenvalue weighted by Gasteiger charge is -2.16. The van der Waals surface area contributed by atoms with E-state index in [9.17, 15) is 14.0 Å². The van der Waals surface area contributed by atoms with E-state index in [2.05, 4.69) is 31.2 Å². The molecule has 0 aliphatic rings. The summed E-state index contributed by atoms with van der Waals surface area (Å²) in [7, 11) is 0. The van der Waals surface area contributed by atoms with Crippen LogP contribution in [-0.2, 0) is 4.79 Å². The van der Waals surface area contributed by atoms with Crippen LogP contribution in [0, 0.1) is 17.1 Å². The molecule has 2 amide bonds. The Labute approximate surface area is 174 Å². The molecule has 0 bridgehead atoms. The molecule has 0 aliphatic heterocycles. The fraction of sp³-hybridized carbons (Fsp3) is 0.350. The fourth-order valence-corrected chi connectivity index (χ4v) is 2.50. The molecular formula is C20H24FN7O2. The van der Waals surface area contributed by atoms with Crippen LogP contribution in [-0.4, -0.2) is 40.9 Å². The zero-order valence-corrected chi connectivity index (χ0v) is 17.0. The number of hydrogen-bond acceptors (Lipinski definition) is 7. The Balaban J connectivity index is 2.13. The molecule has 0 radical (unpaired) electrons. The van der Waals surface area contributed by atoms with E-state index in [1.165, 1.54) is 19.3 Å². The predicted octanol–water partition coefficient (Wildman–Crippen LogP) is 2.31. The quantitative estimate of drug-likeness (QED) is 0.464. The van der Waals surface area contributed by atoms with Gasteiger partial charge in [-0.05, 0) is 26.3 Å². The van der Waals surface area contributed by atoms with Gasteiger partial charge in [-0.2, -0.15) is 5.26 Å². The number of nitriles is 1. The fourth-order valence-electron chi connectivity index (χ4n) is 2.50. The molecule has 4 N–H and O–H groups in total. The van der Waals surface area contributed by atoms with Gasteiger partial charge in [0.05, 0.1) is 16.8 Å². The molecule has 10 heteroatoms. The molecule has 0 spiro atoms. The number of aromatic nitrogens is 2. The third-order valence-corrected chi connectivity index (χ3v) is 3.82. The molecule has 9 nitrogen and oxygen atoms in total. The normalized spacial score (nSPS) is 10.3. The molecule has 2 aromatic rings. The van der Waals surface area contributed by atoms with Gasteiger partial charge >= 0.3 is 0 Å². The number of halogens is 1. The number of nitrogens with one attached hydrogen (secondary N) is 4.